The second kappa shape index (κ2) is 4.52. The highest BCUT2D eigenvalue weighted by molar-refractivity contribution is 14.1. The second-order valence-corrected chi connectivity index (χ2v) is 4.92. The molecule has 3 rings (SSSR count). The molecular weight excluding hydrogens is 343 g/mol. The first-order valence-corrected chi connectivity index (χ1v) is 6.36. The fourth-order valence-corrected chi connectivity index (χ4v) is 2.22. The van der Waals surface area contributed by atoms with E-state index in [1.807, 2.05) is 24.3 Å². The third-order valence-electron chi connectivity index (χ3n) is 2.52. The lowest BCUT2D eigenvalue weighted by atomic mass is 10.3. The lowest BCUT2D eigenvalue weighted by molar-refractivity contribution is 0.381. The predicted molar refractivity (Wildman–Crippen MR) is 75.9 cm³/mol. The van der Waals surface area contributed by atoms with Crippen molar-refractivity contribution in [2.24, 2.45) is 0 Å². The van der Waals surface area contributed by atoms with E-state index in [1.165, 1.54) is 0 Å². The van der Waals surface area contributed by atoms with Crippen LogP contribution < -0.4 is 4.74 Å². The van der Waals surface area contributed by atoms with Crippen LogP contribution in [-0.2, 0) is 0 Å². The van der Waals surface area contributed by atoms with E-state index in [9.17, 15) is 0 Å². The van der Waals surface area contributed by atoms with Crippen molar-refractivity contribution in [1.82, 2.24) is 19.7 Å². The van der Waals surface area contributed by atoms with Gasteiger partial charge < -0.3 is 4.74 Å². The number of hydrogen-bond donors (Lipinski definition) is 0. The van der Waals surface area contributed by atoms with E-state index in [-0.39, 0.29) is 0 Å². The summed E-state index contributed by atoms with van der Waals surface area (Å²) in [6, 6.07) is 8.40. The summed E-state index contributed by atoms with van der Waals surface area (Å²) in [4.78, 5) is 8.39. The molecule has 2 heterocycles. The lowest BCUT2D eigenvalue weighted by Gasteiger charge is -2.03. The topological polar surface area (TPSA) is 52.8 Å². The molecule has 0 bridgehead atoms. The number of hydrogen-bond acceptors (Lipinski definition) is 4. The second-order valence-electron chi connectivity index (χ2n) is 3.67. The minimum absolute atomic E-state index is 0.342. The molecule has 0 saturated carbocycles. The molecule has 0 fully saturated rings. The molecule has 0 unspecified atom stereocenters. The van der Waals surface area contributed by atoms with Crippen molar-refractivity contribution >= 4 is 33.6 Å². The van der Waals surface area contributed by atoms with Crippen molar-refractivity contribution in [3.63, 3.8) is 0 Å². The van der Waals surface area contributed by atoms with E-state index in [1.54, 1.807) is 24.2 Å². The van der Waals surface area contributed by atoms with Crippen LogP contribution >= 0.6 is 22.6 Å². The van der Waals surface area contributed by atoms with Gasteiger partial charge in [0.1, 0.15) is 0 Å². The van der Waals surface area contributed by atoms with Crippen LogP contribution in [0.4, 0.5) is 0 Å². The van der Waals surface area contributed by atoms with Gasteiger partial charge in [-0.15, -0.1) is 0 Å². The van der Waals surface area contributed by atoms with Crippen LogP contribution in [0, 0.1) is 3.57 Å². The monoisotopic (exact) mass is 352 g/mol. The van der Waals surface area contributed by atoms with Gasteiger partial charge >= 0.3 is 6.01 Å². The first-order valence-electron chi connectivity index (χ1n) is 5.28. The number of methoxy groups -OCH3 is 1. The first kappa shape index (κ1) is 11.4. The van der Waals surface area contributed by atoms with E-state index < -0.39 is 0 Å². The molecule has 18 heavy (non-hydrogen) atoms. The summed E-state index contributed by atoms with van der Waals surface area (Å²) in [5, 5.41) is 5.22. The normalized spacial score (nSPS) is 10.8. The zero-order chi connectivity index (χ0) is 12.5. The number of fused-ring (bicyclic) bond motifs is 1. The molecule has 90 valence electrons. The molecular formula is C12H9IN4O. The summed E-state index contributed by atoms with van der Waals surface area (Å²) < 4.78 is 7.97. The van der Waals surface area contributed by atoms with Crippen LogP contribution in [0.2, 0.25) is 0 Å². The number of rotatable bonds is 2. The summed E-state index contributed by atoms with van der Waals surface area (Å²) in [7, 11) is 1.55. The molecule has 2 aromatic heterocycles. The summed E-state index contributed by atoms with van der Waals surface area (Å²) in [5.74, 6) is 0. The average molecular weight is 352 g/mol. The summed E-state index contributed by atoms with van der Waals surface area (Å²) in [5.41, 5.74) is 1.71. The Morgan fingerprint density at radius 3 is 2.94 bits per heavy atom. The summed E-state index contributed by atoms with van der Waals surface area (Å²) >= 11 is 2.27. The third kappa shape index (κ3) is 1.92. The lowest BCUT2D eigenvalue weighted by Crippen LogP contribution is -1.99. The maximum atomic E-state index is 5.04. The minimum Gasteiger partial charge on any atom is -0.467 e. The Balaban J connectivity index is 2.22. The highest BCUT2D eigenvalue weighted by Gasteiger charge is 2.08. The van der Waals surface area contributed by atoms with Crippen molar-refractivity contribution in [3.8, 4) is 11.7 Å². The molecule has 0 amide bonds. The largest absolute Gasteiger partial charge is 0.467 e. The SMILES string of the molecule is COc1ncc2cnn(-c3cccc(I)c3)c2n1. The zero-order valence-electron chi connectivity index (χ0n) is 9.54. The molecule has 0 aliphatic carbocycles. The van der Waals surface area contributed by atoms with Crippen LogP contribution in [0.15, 0.2) is 36.7 Å². The van der Waals surface area contributed by atoms with Crippen molar-refractivity contribution < 1.29 is 4.74 Å². The fourth-order valence-electron chi connectivity index (χ4n) is 1.70. The van der Waals surface area contributed by atoms with Gasteiger partial charge in [-0.3, -0.25) is 0 Å². The van der Waals surface area contributed by atoms with Crippen LogP contribution in [0.25, 0.3) is 16.7 Å². The summed E-state index contributed by atoms with van der Waals surface area (Å²) in [6.07, 6.45) is 3.45. The van der Waals surface area contributed by atoms with Gasteiger partial charge in [0.25, 0.3) is 0 Å². The number of nitrogens with zero attached hydrogens (tertiary/aromatic N) is 4. The fraction of sp³-hybridized carbons (Fsp3) is 0.0833. The van der Waals surface area contributed by atoms with Gasteiger partial charge in [-0.1, -0.05) is 6.07 Å². The smallest absolute Gasteiger partial charge is 0.318 e. The van der Waals surface area contributed by atoms with Crippen LogP contribution in [-0.4, -0.2) is 26.9 Å². The Kier molecular flexibility index (Phi) is 2.86. The molecule has 0 spiro atoms. The van der Waals surface area contributed by atoms with Gasteiger partial charge in [-0.05, 0) is 40.8 Å². The maximum absolute atomic E-state index is 5.04. The van der Waals surface area contributed by atoms with Gasteiger partial charge in [0.05, 0.1) is 24.4 Å². The van der Waals surface area contributed by atoms with Crippen molar-refractivity contribution in [2.75, 3.05) is 7.11 Å². The molecule has 0 N–H and O–H groups in total. The molecule has 5 nitrogen and oxygen atoms in total. The van der Waals surface area contributed by atoms with E-state index in [0.717, 1.165) is 20.3 Å². The zero-order valence-corrected chi connectivity index (χ0v) is 11.7. The van der Waals surface area contributed by atoms with Crippen molar-refractivity contribution in [3.05, 3.63) is 40.2 Å². The third-order valence-corrected chi connectivity index (χ3v) is 3.19. The van der Waals surface area contributed by atoms with E-state index >= 15 is 0 Å². The molecule has 0 aliphatic heterocycles. The number of aromatic nitrogens is 4. The van der Waals surface area contributed by atoms with Gasteiger partial charge in [-0.25, -0.2) is 9.67 Å². The van der Waals surface area contributed by atoms with Crippen LogP contribution in [0.1, 0.15) is 0 Å². The van der Waals surface area contributed by atoms with Crippen molar-refractivity contribution in [1.29, 1.82) is 0 Å². The van der Waals surface area contributed by atoms with Crippen LogP contribution in [0.5, 0.6) is 6.01 Å². The van der Waals surface area contributed by atoms with E-state index in [2.05, 4.69) is 37.7 Å². The van der Waals surface area contributed by atoms with E-state index in [4.69, 9.17) is 4.74 Å². The van der Waals surface area contributed by atoms with Gasteiger partial charge in [-0.2, -0.15) is 10.1 Å². The molecule has 0 saturated heterocycles. The Morgan fingerprint density at radius 2 is 2.17 bits per heavy atom. The van der Waals surface area contributed by atoms with Gasteiger partial charge in [0, 0.05) is 9.77 Å². The van der Waals surface area contributed by atoms with Crippen molar-refractivity contribution in [2.45, 2.75) is 0 Å². The first-order chi connectivity index (χ1) is 8.78. The highest BCUT2D eigenvalue weighted by Crippen LogP contribution is 2.18. The standard InChI is InChI=1S/C12H9IN4O/c1-18-12-14-6-8-7-15-17(11(8)16-12)10-4-2-3-9(13)5-10/h2-7H,1H3. The number of ether oxygens (including phenoxy) is 1. The van der Waals surface area contributed by atoms with Gasteiger partial charge in [0.15, 0.2) is 5.65 Å². The highest BCUT2D eigenvalue weighted by atomic mass is 127. The van der Waals surface area contributed by atoms with E-state index in [0.29, 0.717) is 6.01 Å². The Morgan fingerprint density at radius 1 is 1.28 bits per heavy atom. The predicted octanol–water partition coefficient (Wildman–Crippen LogP) is 2.43. The number of halogens is 1. The summed E-state index contributed by atoms with van der Waals surface area (Å²) in [6.45, 7) is 0. The average Bonchev–Trinajstić information content (AvgIpc) is 2.81. The molecule has 3 aromatic rings. The maximum Gasteiger partial charge on any atom is 0.318 e. The number of benzene rings is 1. The van der Waals surface area contributed by atoms with Crippen LogP contribution in [0.3, 0.4) is 0 Å². The Labute approximate surface area is 117 Å². The molecule has 0 atom stereocenters. The Bertz CT molecular complexity index is 710. The minimum atomic E-state index is 0.342. The molecule has 0 aliphatic rings. The molecule has 6 heteroatoms. The Hall–Kier alpha value is -1.70. The quantitative estimate of drug-likeness (QED) is 0.665. The molecule has 1 aromatic carbocycles. The molecule has 0 radical (unpaired) electrons. The van der Waals surface area contributed by atoms with Gasteiger partial charge in [0.2, 0.25) is 0 Å².